The van der Waals surface area contributed by atoms with E-state index in [4.69, 9.17) is 0 Å². The van der Waals surface area contributed by atoms with Crippen LogP contribution in [-0.4, -0.2) is 38.7 Å². The highest BCUT2D eigenvalue weighted by Crippen LogP contribution is 2.43. The second kappa shape index (κ2) is 6.65. The molecule has 0 spiro atoms. The van der Waals surface area contributed by atoms with Gasteiger partial charge < -0.3 is 9.47 Å². The van der Waals surface area contributed by atoms with Gasteiger partial charge in [0.05, 0.1) is 5.56 Å². The van der Waals surface area contributed by atoms with Gasteiger partial charge >= 0.3 is 6.18 Å². The molecule has 1 saturated heterocycles. The molecule has 27 heavy (non-hydrogen) atoms. The molecule has 1 unspecified atom stereocenters. The zero-order valence-corrected chi connectivity index (χ0v) is 15.0. The number of carbonyl (C=O) groups excluding carboxylic acids is 1. The van der Waals surface area contributed by atoms with E-state index in [0.717, 1.165) is 24.7 Å². The standard InChI is InChI=1S/C19H21F3N4O/c1-25-11-23-24-17(25)15-5-6-16(15)18(27)26-8-7-13(10-26)12-3-2-4-14(9-12)19(20,21)22/h2-4,9,11,13,15-16H,5-8,10H2,1H3/t13?,15-,16+/m1/s1. The van der Waals surface area contributed by atoms with E-state index in [0.29, 0.717) is 25.1 Å². The van der Waals surface area contributed by atoms with Crippen LogP contribution in [0.25, 0.3) is 0 Å². The van der Waals surface area contributed by atoms with E-state index < -0.39 is 11.7 Å². The molecule has 1 aliphatic carbocycles. The van der Waals surface area contributed by atoms with Crippen LogP contribution in [0.15, 0.2) is 30.6 Å². The first-order chi connectivity index (χ1) is 12.8. The largest absolute Gasteiger partial charge is 0.416 e. The number of aryl methyl sites for hydroxylation is 1. The number of hydrogen-bond acceptors (Lipinski definition) is 3. The Morgan fingerprint density at radius 3 is 2.67 bits per heavy atom. The normalized spacial score (nSPS) is 25.5. The molecule has 0 N–H and O–H groups in total. The molecule has 1 saturated carbocycles. The zero-order valence-electron chi connectivity index (χ0n) is 15.0. The smallest absolute Gasteiger partial charge is 0.342 e. The number of carbonyl (C=O) groups is 1. The summed E-state index contributed by atoms with van der Waals surface area (Å²) in [5.74, 6) is 0.840. The molecule has 1 aliphatic heterocycles. The SMILES string of the molecule is Cn1cnnc1[C@@H]1CC[C@@H]1C(=O)N1CCC(c2cccc(C(F)(F)F)c2)C1. The Morgan fingerprint density at radius 1 is 1.22 bits per heavy atom. The van der Waals surface area contributed by atoms with Crippen molar-refractivity contribution in [2.45, 2.75) is 37.3 Å². The maximum absolute atomic E-state index is 13.0. The van der Waals surface area contributed by atoms with Gasteiger partial charge in [-0.3, -0.25) is 4.79 Å². The van der Waals surface area contributed by atoms with Gasteiger partial charge in [-0.1, -0.05) is 18.2 Å². The Labute approximate surface area is 155 Å². The third-order valence-corrected chi connectivity index (χ3v) is 5.85. The van der Waals surface area contributed by atoms with Crippen LogP contribution in [0.5, 0.6) is 0 Å². The van der Waals surface area contributed by atoms with Crippen molar-refractivity contribution < 1.29 is 18.0 Å². The average Bonchev–Trinajstić information content (AvgIpc) is 3.23. The van der Waals surface area contributed by atoms with Crippen LogP contribution in [0, 0.1) is 5.92 Å². The summed E-state index contributed by atoms with van der Waals surface area (Å²) in [5, 5.41) is 8.02. The van der Waals surface area contributed by atoms with Crippen molar-refractivity contribution >= 4 is 5.91 Å². The molecule has 0 radical (unpaired) electrons. The third kappa shape index (κ3) is 3.33. The predicted molar refractivity (Wildman–Crippen MR) is 91.9 cm³/mol. The number of aromatic nitrogens is 3. The maximum Gasteiger partial charge on any atom is 0.416 e. The van der Waals surface area contributed by atoms with Crippen LogP contribution in [0.3, 0.4) is 0 Å². The van der Waals surface area contributed by atoms with Crippen LogP contribution in [-0.2, 0) is 18.0 Å². The number of halogens is 3. The molecular weight excluding hydrogens is 357 g/mol. The molecule has 4 rings (SSSR count). The summed E-state index contributed by atoms with van der Waals surface area (Å²) < 4.78 is 40.7. The summed E-state index contributed by atoms with van der Waals surface area (Å²) in [6, 6.07) is 5.46. The fourth-order valence-electron chi connectivity index (χ4n) is 4.17. The molecular formula is C19H21F3N4O. The highest BCUT2D eigenvalue weighted by atomic mass is 19.4. The summed E-state index contributed by atoms with van der Waals surface area (Å²) in [6.07, 6.45) is -0.294. The van der Waals surface area contributed by atoms with Gasteiger partial charge in [-0.2, -0.15) is 13.2 Å². The lowest BCUT2D eigenvalue weighted by atomic mass is 9.72. The van der Waals surface area contributed by atoms with E-state index in [1.165, 1.54) is 12.1 Å². The monoisotopic (exact) mass is 378 g/mol. The van der Waals surface area contributed by atoms with Crippen molar-refractivity contribution in [1.29, 1.82) is 0 Å². The van der Waals surface area contributed by atoms with Gasteiger partial charge in [0, 0.05) is 37.9 Å². The molecule has 5 nitrogen and oxygen atoms in total. The van der Waals surface area contributed by atoms with Gasteiger partial charge in [0.25, 0.3) is 0 Å². The third-order valence-electron chi connectivity index (χ3n) is 5.85. The van der Waals surface area contributed by atoms with Crippen LogP contribution in [0.1, 0.15) is 48.0 Å². The molecule has 3 atom stereocenters. The summed E-state index contributed by atoms with van der Waals surface area (Å²) >= 11 is 0. The van der Waals surface area contributed by atoms with Gasteiger partial charge in [-0.25, -0.2) is 0 Å². The van der Waals surface area contributed by atoms with Crippen molar-refractivity contribution in [3.8, 4) is 0 Å². The van der Waals surface area contributed by atoms with E-state index in [1.54, 1.807) is 17.3 Å². The lowest BCUT2D eigenvalue weighted by molar-refractivity contribution is -0.139. The first kappa shape index (κ1) is 18.0. The van der Waals surface area contributed by atoms with Gasteiger partial charge in [-0.15, -0.1) is 10.2 Å². The molecule has 2 heterocycles. The van der Waals surface area contributed by atoms with Crippen LogP contribution < -0.4 is 0 Å². The number of likely N-dealkylation sites (tertiary alicyclic amines) is 1. The molecule has 1 aromatic heterocycles. The van der Waals surface area contributed by atoms with E-state index in [2.05, 4.69) is 10.2 Å². The van der Waals surface area contributed by atoms with E-state index in [1.807, 2.05) is 11.6 Å². The van der Waals surface area contributed by atoms with Gasteiger partial charge in [0.15, 0.2) is 0 Å². The minimum atomic E-state index is -4.35. The van der Waals surface area contributed by atoms with E-state index in [-0.39, 0.29) is 23.7 Å². The number of benzene rings is 1. The van der Waals surface area contributed by atoms with Crippen LogP contribution >= 0.6 is 0 Å². The van der Waals surface area contributed by atoms with Crippen LogP contribution in [0.4, 0.5) is 13.2 Å². The van der Waals surface area contributed by atoms with Gasteiger partial charge in [0.1, 0.15) is 12.2 Å². The number of hydrogen-bond donors (Lipinski definition) is 0. The van der Waals surface area contributed by atoms with Gasteiger partial charge in [-0.05, 0) is 30.9 Å². The molecule has 1 aromatic carbocycles. The van der Waals surface area contributed by atoms with Crippen molar-refractivity contribution in [1.82, 2.24) is 19.7 Å². The fourth-order valence-corrected chi connectivity index (χ4v) is 4.17. The lowest BCUT2D eigenvalue weighted by Gasteiger charge is -2.37. The van der Waals surface area contributed by atoms with Gasteiger partial charge in [0.2, 0.25) is 5.91 Å². The molecule has 8 heteroatoms. The van der Waals surface area contributed by atoms with Crippen LogP contribution in [0.2, 0.25) is 0 Å². The minimum Gasteiger partial charge on any atom is -0.342 e. The number of alkyl halides is 3. The Hall–Kier alpha value is -2.38. The molecule has 144 valence electrons. The average molecular weight is 378 g/mol. The number of amides is 1. The van der Waals surface area contributed by atoms with Crippen molar-refractivity contribution in [2.24, 2.45) is 13.0 Å². The molecule has 2 aliphatic rings. The zero-order chi connectivity index (χ0) is 19.2. The lowest BCUT2D eigenvalue weighted by Crippen LogP contribution is -2.42. The molecule has 2 fully saturated rings. The minimum absolute atomic E-state index is 0.0513. The summed E-state index contributed by atoms with van der Waals surface area (Å²) in [5.41, 5.74) is 0.0182. The molecule has 0 bridgehead atoms. The number of rotatable bonds is 3. The first-order valence-corrected chi connectivity index (χ1v) is 9.14. The quantitative estimate of drug-likeness (QED) is 0.823. The fraction of sp³-hybridized carbons (Fsp3) is 0.526. The summed E-state index contributed by atoms with van der Waals surface area (Å²) in [7, 11) is 1.87. The highest BCUT2D eigenvalue weighted by Gasteiger charge is 2.43. The summed E-state index contributed by atoms with van der Waals surface area (Å²) in [4.78, 5) is 14.7. The Bertz CT molecular complexity index is 847. The number of nitrogens with zero attached hydrogens (tertiary/aromatic N) is 4. The first-order valence-electron chi connectivity index (χ1n) is 9.14. The predicted octanol–water partition coefficient (Wildman–Crippen LogP) is 3.34. The Balaban J connectivity index is 1.44. The van der Waals surface area contributed by atoms with Crippen molar-refractivity contribution in [3.05, 3.63) is 47.5 Å². The highest BCUT2D eigenvalue weighted by molar-refractivity contribution is 5.81. The summed E-state index contributed by atoms with van der Waals surface area (Å²) in [6.45, 7) is 1.06. The van der Waals surface area contributed by atoms with Crippen molar-refractivity contribution in [2.75, 3.05) is 13.1 Å². The Kier molecular flexibility index (Phi) is 4.44. The second-order valence-corrected chi connectivity index (χ2v) is 7.48. The Morgan fingerprint density at radius 2 is 2.04 bits per heavy atom. The van der Waals surface area contributed by atoms with E-state index in [9.17, 15) is 18.0 Å². The second-order valence-electron chi connectivity index (χ2n) is 7.48. The maximum atomic E-state index is 13.0. The van der Waals surface area contributed by atoms with E-state index >= 15 is 0 Å². The molecule has 2 aromatic rings. The van der Waals surface area contributed by atoms with Crippen molar-refractivity contribution in [3.63, 3.8) is 0 Å². The topological polar surface area (TPSA) is 51.0 Å². The molecule has 1 amide bonds.